The van der Waals surface area contributed by atoms with E-state index in [9.17, 15) is 24.6 Å². The number of aromatic hydroxyl groups is 2. The smallest absolute Gasteiger partial charge is 0.415 e. The molecule has 0 bridgehead atoms. The zero-order valence-electron chi connectivity index (χ0n) is 25.6. The molecular formula is C31H36N4O7S2. The van der Waals surface area contributed by atoms with Gasteiger partial charge in [0, 0.05) is 72.4 Å². The number of rotatable bonds is 9. The van der Waals surface area contributed by atoms with Crippen LogP contribution in [0, 0.1) is 6.92 Å². The van der Waals surface area contributed by atoms with E-state index in [4.69, 9.17) is 9.47 Å². The van der Waals surface area contributed by atoms with Crippen LogP contribution in [-0.2, 0) is 19.7 Å². The number of benzene rings is 2. The summed E-state index contributed by atoms with van der Waals surface area (Å²) >= 11 is 2.83. The SMILES string of the molecule is C=c1c(C)c(O)c(=C)c(C(C)(C)CC(=O)N(C)CCN(C)C(=O)Oc2ccc3nc(C4=NC(C(=O)OC)CS4)sc3c2)c1O. The van der Waals surface area contributed by atoms with Gasteiger partial charge in [-0.3, -0.25) is 9.79 Å². The van der Waals surface area contributed by atoms with Gasteiger partial charge in [0.25, 0.3) is 0 Å². The third kappa shape index (κ3) is 6.68. The van der Waals surface area contributed by atoms with Crippen LogP contribution in [0.5, 0.6) is 17.2 Å². The van der Waals surface area contributed by atoms with Crippen molar-refractivity contribution in [3.05, 3.63) is 44.8 Å². The van der Waals surface area contributed by atoms with Gasteiger partial charge in [0.1, 0.15) is 27.3 Å². The molecule has 1 aromatic heterocycles. The molecule has 1 aliphatic rings. The van der Waals surface area contributed by atoms with E-state index in [0.29, 0.717) is 37.9 Å². The standard InChI is InChI=1S/C31H36N4O7S2/c1-16-17(2)26(38)24(18(3)25(16)37)31(4,5)14-23(36)34(6)11-12-35(7)30(40)42-19-9-10-20-22(13-19)44-28(32-20)27-33-21(15-43-27)29(39)41-8/h9-10,13,21,37-38H,2-3,11-12,14-15H2,1,4-8H3. The van der Waals surface area contributed by atoms with Gasteiger partial charge in [-0.1, -0.05) is 27.0 Å². The molecule has 3 aromatic rings. The fourth-order valence-electron chi connectivity index (χ4n) is 4.79. The summed E-state index contributed by atoms with van der Waals surface area (Å²) < 4.78 is 11.2. The fraction of sp³-hybridized carbons (Fsp3) is 0.387. The van der Waals surface area contributed by atoms with Crippen molar-refractivity contribution in [2.24, 2.45) is 4.99 Å². The lowest BCUT2D eigenvalue weighted by Crippen LogP contribution is -2.41. The molecule has 1 unspecified atom stereocenters. The molecule has 11 nitrogen and oxygen atoms in total. The highest BCUT2D eigenvalue weighted by Gasteiger charge is 2.31. The number of carbonyl (C=O) groups is 3. The minimum Gasteiger partial charge on any atom is -0.507 e. The first-order valence-electron chi connectivity index (χ1n) is 13.7. The molecule has 2 heterocycles. The highest BCUT2D eigenvalue weighted by molar-refractivity contribution is 8.15. The van der Waals surface area contributed by atoms with Crippen LogP contribution in [0.3, 0.4) is 0 Å². The van der Waals surface area contributed by atoms with E-state index in [1.807, 2.05) is 0 Å². The summed E-state index contributed by atoms with van der Waals surface area (Å²) in [5, 5.41) is 23.1. The second-order valence-electron chi connectivity index (χ2n) is 11.3. The highest BCUT2D eigenvalue weighted by Crippen LogP contribution is 2.33. The van der Waals surface area contributed by atoms with Crippen molar-refractivity contribution in [2.45, 2.75) is 38.6 Å². The maximum Gasteiger partial charge on any atom is 0.415 e. The Balaban J connectivity index is 1.35. The van der Waals surface area contributed by atoms with E-state index in [0.717, 1.165) is 10.2 Å². The first-order chi connectivity index (χ1) is 20.6. The Morgan fingerprint density at radius 3 is 2.45 bits per heavy atom. The number of methoxy groups -OCH3 is 1. The van der Waals surface area contributed by atoms with Crippen LogP contribution in [0.2, 0.25) is 0 Å². The van der Waals surface area contributed by atoms with Crippen molar-refractivity contribution in [3.8, 4) is 17.2 Å². The van der Waals surface area contributed by atoms with E-state index in [1.54, 1.807) is 53.1 Å². The molecule has 1 aliphatic heterocycles. The molecular weight excluding hydrogens is 604 g/mol. The van der Waals surface area contributed by atoms with Gasteiger partial charge in [-0.2, -0.15) is 0 Å². The molecule has 0 spiro atoms. The van der Waals surface area contributed by atoms with Gasteiger partial charge in [0.05, 0.1) is 17.3 Å². The minimum absolute atomic E-state index is 0.0286. The van der Waals surface area contributed by atoms with E-state index in [-0.39, 0.29) is 48.1 Å². The number of fused-ring (bicyclic) bond motifs is 1. The van der Waals surface area contributed by atoms with Crippen LogP contribution in [0.15, 0.2) is 23.2 Å². The predicted octanol–water partition coefficient (Wildman–Crippen LogP) is 3.13. The van der Waals surface area contributed by atoms with Gasteiger partial charge in [0.15, 0.2) is 6.04 Å². The summed E-state index contributed by atoms with van der Waals surface area (Å²) in [6.45, 7) is 13.5. The highest BCUT2D eigenvalue weighted by atomic mass is 32.2. The number of thiazole rings is 1. The summed E-state index contributed by atoms with van der Waals surface area (Å²) in [4.78, 5) is 49.6. The van der Waals surface area contributed by atoms with Crippen LogP contribution in [0.1, 0.15) is 36.4 Å². The monoisotopic (exact) mass is 640 g/mol. The van der Waals surface area contributed by atoms with E-state index < -0.39 is 17.6 Å². The Morgan fingerprint density at radius 1 is 1.09 bits per heavy atom. The van der Waals surface area contributed by atoms with Crippen LogP contribution in [-0.4, -0.2) is 94.1 Å². The summed E-state index contributed by atoms with van der Waals surface area (Å²) in [5.74, 6) is 0.119. The Morgan fingerprint density at radius 2 is 1.77 bits per heavy atom. The van der Waals surface area contributed by atoms with Crippen molar-refractivity contribution < 1.29 is 34.1 Å². The van der Waals surface area contributed by atoms with Gasteiger partial charge in [-0.15, -0.1) is 23.1 Å². The molecule has 2 amide bonds. The lowest BCUT2D eigenvalue weighted by molar-refractivity contribution is -0.141. The van der Waals surface area contributed by atoms with Crippen molar-refractivity contribution in [1.29, 1.82) is 0 Å². The molecule has 0 radical (unpaired) electrons. The van der Waals surface area contributed by atoms with E-state index >= 15 is 0 Å². The number of thioether (sulfide) groups is 1. The number of esters is 1. The number of aliphatic imine (C=N–C) groups is 1. The normalized spacial score (nSPS) is 14.8. The number of likely N-dealkylation sites (N-methyl/N-ethyl adjacent to an activating group) is 2. The molecule has 2 N–H and O–H groups in total. The minimum atomic E-state index is -0.851. The Bertz CT molecular complexity index is 1770. The number of hydrogen-bond donors (Lipinski definition) is 2. The summed E-state index contributed by atoms with van der Waals surface area (Å²) in [7, 11) is 4.56. The Hall–Kier alpha value is -4.10. The molecule has 0 aliphatic carbocycles. The average Bonchev–Trinajstić information content (AvgIpc) is 3.64. The zero-order chi connectivity index (χ0) is 32.5. The molecule has 4 rings (SSSR count). The van der Waals surface area contributed by atoms with Crippen LogP contribution in [0.4, 0.5) is 4.79 Å². The number of hydrogen-bond acceptors (Lipinski definition) is 11. The van der Waals surface area contributed by atoms with Crippen molar-refractivity contribution in [2.75, 3.05) is 40.0 Å². The van der Waals surface area contributed by atoms with Crippen LogP contribution in [0.25, 0.3) is 23.4 Å². The van der Waals surface area contributed by atoms with Crippen LogP contribution >= 0.6 is 23.1 Å². The number of ether oxygens (including phenoxy) is 2. The molecule has 0 saturated heterocycles. The average molecular weight is 641 g/mol. The van der Waals surface area contributed by atoms with E-state index in [1.165, 1.54) is 40.0 Å². The number of aromatic nitrogens is 1. The summed E-state index contributed by atoms with van der Waals surface area (Å²) in [6.07, 6.45) is -0.558. The second-order valence-corrected chi connectivity index (χ2v) is 13.3. The largest absolute Gasteiger partial charge is 0.507 e. The molecule has 0 saturated carbocycles. The van der Waals surface area contributed by atoms with Gasteiger partial charge in [0.2, 0.25) is 5.91 Å². The lowest BCUT2D eigenvalue weighted by atomic mass is 9.78. The quantitative estimate of drug-likeness (QED) is 0.267. The molecule has 0 fully saturated rings. The van der Waals surface area contributed by atoms with Gasteiger partial charge < -0.3 is 29.5 Å². The maximum atomic E-state index is 13.1. The van der Waals surface area contributed by atoms with Crippen molar-refractivity contribution in [3.63, 3.8) is 0 Å². The number of phenolic OH excluding ortho intramolecular Hbond substituents is 2. The Labute approximate surface area is 263 Å². The summed E-state index contributed by atoms with van der Waals surface area (Å²) in [6, 6.07) is 4.59. The molecule has 44 heavy (non-hydrogen) atoms. The topological polar surface area (TPSA) is 142 Å². The van der Waals surface area contributed by atoms with Crippen molar-refractivity contribution >= 4 is 69.5 Å². The number of carbonyl (C=O) groups excluding carboxylic acids is 3. The first kappa shape index (κ1) is 32.8. The third-order valence-corrected chi connectivity index (χ3v) is 9.78. The fourth-order valence-corrected chi connectivity index (χ4v) is 6.88. The van der Waals surface area contributed by atoms with Crippen LogP contribution < -0.4 is 15.2 Å². The molecule has 2 aromatic carbocycles. The van der Waals surface area contributed by atoms with Gasteiger partial charge in [-0.05, 0) is 19.1 Å². The molecule has 13 heteroatoms. The predicted molar refractivity (Wildman–Crippen MR) is 173 cm³/mol. The van der Waals surface area contributed by atoms with Crippen molar-refractivity contribution in [1.82, 2.24) is 14.8 Å². The summed E-state index contributed by atoms with van der Waals surface area (Å²) in [5.41, 5.74) is 0.683. The number of phenols is 2. The van der Waals surface area contributed by atoms with Gasteiger partial charge in [-0.25, -0.2) is 14.6 Å². The molecule has 1 atom stereocenters. The second kappa shape index (κ2) is 12.9. The third-order valence-electron chi connectivity index (χ3n) is 7.57. The number of amides is 2. The lowest BCUT2D eigenvalue weighted by Gasteiger charge is -2.30. The van der Waals surface area contributed by atoms with Gasteiger partial charge >= 0.3 is 12.1 Å². The zero-order valence-corrected chi connectivity index (χ0v) is 27.2. The molecule has 234 valence electrons. The maximum absolute atomic E-state index is 13.1. The van der Waals surface area contributed by atoms with E-state index in [2.05, 4.69) is 23.1 Å². The number of nitrogens with zero attached hydrogens (tertiary/aromatic N) is 4. The Kier molecular flexibility index (Phi) is 9.59. The first-order valence-corrected chi connectivity index (χ1v) is 15.5.